The number of amides is 1. The highest BCUT2D eigenvalue weighted by Gasteiger charge is 2.26. The van der Waals surface area contributed by atoms with E-state index in [9.17, 15) is 4.79 Å². The normalized spacial score (nSPS) is 17.4. The van der Waals surface area contributed by atoms with Gasteiger partial charge in [0.15, 0.2) is 0 Å². The molecule has 0 radical (unpaired) electrons. The maximum absolute atomic E-state index is 12.1. The molecule has 19 heavy (non-hydrogen) atoms. The third kappa shape index (κ3) is 2.08. The third-order valence-corrected chi connectivity index (χ3v) is 4.28. The number of hydrogen-bond acceptors (Lipinski definition) is 1. The van der Waals surface area contributed by atoms with Gasteiger partial charge in [-0.1, -0.05) is 52.3 Å². The van der Waals surface area contributed by atoms with Crippen LogP contribution in [0.25, 0.3) is 0 Å². The lowest BCUT2D eigenvalue weighted by atomic mass is 10.0. The van der Waals surface area contributed by atoms with Crippen LogP contribution in [0.15, 0.2) is 48.5 Å². The van der Waals surface area contributed by atoms with Gasteiger partial charge in [-0.3, -0.25) is 9.69 Å². The highest BCUT2D eigenvalue weighted by molar-refractivity contribution is 9.09. The van der Waals surface area contributed by atoms with E-state index in [1.54, 1.807) is 6.92 Å². The lowest BCUT2D eigenvalue weighted by molar-refractivity contribution is -0.115. The van der Waals surface area contributed by atoms with Crippen LogP contribution in [0, 0.1) is 0 Å². The molecule has 1 amide bonds. The number of fused-ring (bicyclic) bond motifs is 2. The maximum atomic E-state index is 12.1. The number of anilines is 2. The van der Waals surface area contributed by atoms with Crippen LogP contribution in [-0.4, -0.2) is 5.91 Å². The molecule has 0 spiro atoms. The van der Waals surface area contributed by atoms with Crippen LogP contribution < -0.4 is 4.90 Å². The molecule has 1 unspecified atom stereocenters. The lowest BCUT2D eigenvalue weighted by Gasteiger charge is -2.23. The highest BCUT2D eigenvalue weighted by atomic mass is 79.9. The molecule has 1 aliphatic rings. The highest BCUT2D eigenvalue weighted by Crippen LogP contribution is 2.43. The summed E-state index contributed by atoms with van der Waals surface area (Å²) in [5.74, 6) is 0.0431. The summed E-state index contributed by atoms with van der Waals surface area (Å²) in [4.78, 5) is 14.1. The molecule has 2 aromatic carbocycles. The van der Waals surface area contributed by atoms with Crippen molar-refractivity contribution in [2.75, 3.05) is 4.90 Å². The maximum Gasteiger partial charge on any atom is 0.228 e. The van der Waals surface area contributed by atoms with Gasteiger partial charge >= 0.3 is 0 Å². The molecule has 0 bridgehead atoms. The summed E-state index contributed by atoms with van der Waals surface area (Å²) in [5, 5.41) is 0. The average molecular weight is 316 g/mol. The number of benzene rings is 2. The number of alkyl halides is 1. The van der Waals surface area contributed by atoms with Gasteiger partial charge in [0.05, 0.1) is 11.4 Å². The summed E-state index contributed by atoms with van der Waals surface area (Å²) in [6.45, 7) is 1.61. The zero-order valence-corrected chi connectivity index (χ0v) is 12.2. The summed E-state index contributed by atoms with van der Waals surface area (Å²) in [7, 11) is 0. The summed E-state index contributed by atoms with van der Waals surface area (Å²) in [6, 6.07) is 16.2. The van der Waals surface area contributed by atoms with Gasteiger partial charge in [-0.05, 0) is 29.7 Å². The minimum Gasteiger partial charge on any atom is -0.281 e. The largest absolute Gasteiger partial charge is 0.281 e. The number of halogens is 1. The minimum absolute atomic E-state index is 0.0431. The number of carbonyl (C=O) groups excluding carboxylic acids is 1. The predicted molar refractivity (Wildman–Crippen MR) is 81.1 cm³/mol. The Morgan fingerprint density at radius 1 is 1.11 bits per heavy atom. The lowest BCUT2D eigenvalue weighted by Crippen LogP contribution is -2.23. The monoisotopic (exact) mass is 315 g/mol. The van der Waals surface area contributed by atoms with Gasteiger partial charge in [0, 0.05) is 11.8 Å². The van der Waals surface area contributed by atoms with Crippen LogP contribution in [0.1, 0.15) is 22.9 Å². The molecule has 0 aliphatic carbocycles. The number of para-hydroxylation sites is 2. The van der Waals surface area contributed by atoms with Crippen LogP contribution in [0.4, 0.5) is 11.4 Å². The average Bonchev–Trinajstić information content (AvgIpc) is 2.53. The van der Waals surface area contributed by atoms with Crippen molar-refractivity contribution in [3.8, 4) is 0 Å². The van der Waals surface area contributed by atoms with Gasteiger partial charge < -0.3 is 0 Å². The van der Waals surface area contributed by atoms with E-state index in [1.807, 2.05) is 41.3 Å². The first-order valence-corrected chi connectivity index (χ1v) is 7.21. The molecule has 0 fully saturated rings. The smallest absolute Gasteiger partial charge is 0.228 e. The van der Waals surface area contributed by atoms with Crippen molar-refractivity contribution >= 4 is 33.2 Å². The van der Waals surface area contributed by atoms with Crippen LogP contribution in [0.5, 0.6) is 0 Å². The molecule has 0 saturated carbocycles. The van der Waals surface area contributed by atoms with Crippen molar-refractivity contribution in [3.05, 3.63) is 59.7 Å². The first kappa shape index (κ1) is 12.4. The molecular formula is C16H14BrNO. The fourth-order valence-corrected chi connectivity index (χ4v) is 3.37. The number of hydrogen-bond donors (Lipinski definition) is 0. The van der Waals surface area contributed by atoms with Crippen LogP contribution >= 0.6 is 15.9 Å². The van der Waals surface area contributed by atoms with Crippen LogP contribution in [-0.2, 0) is 11.2 Å². The second-order valence-corrected chi connectivity index (χ2v) is 5.82. The first-order valence-electron chi connectivity index (χ1n) is 6.30. The Morgan fingerprint density at radius 2 is 1.74 bits per heavy atom. The van der Waals surface area contributed by atoms with E-state index in [4.69, 9.17) is 0 Å². The van der Waals surface area contributed by atoms with Crippen molar-refractivity contribution in [3.63, 3.8) is 0 Å². The molecule has 3 heteroatoms. The molecule has 2 aromatic rings. The van der Waals surface area contributed by atoms with Crippen molar-refractivity contribution in [1.29, 1.82) is 0 Å². The van der Waals surface area contributed by atoms with E-state index in [0.717, 1.165) is 23.4 Å². The summed E-state index contributed by atoms with van der Waals surface area (Å²) in [5.41, 5.74) is 4.32. The van der Waals surface area contributed by atoms with Gasteiger partial charge in [-0.15, -0.1) is 0 Å². The summed E-state index contributed by atoms with van der Waals surface area (Å²) in [6.07, 6.45) is 0.886. The Balaban J connectivity index is 2.28. The van der Waals surface area contributed by atoms with Crippen molar-refractivity contribution < 1.29 is 4.79 Å². The molecule has 0 N–H and O–H groups in total. The molecule has 3 rings (SSSR count). The number of carbonyl (C=O) groups is 1. The zero-order chi connectivity index (χ0) is 13.4. The van der Waals surface area contributed by atoms with E-state index in [1.165, 1.54) is 5.56 Å². The molecule has 2 nitrogen and oxygen atoms in total. The van der Waals surface area contributed by atoms with Crippen molar-refractivity contribution in [1.82, 2.24) is 0 Å². The Bertz CT molecular complexity index is 638. The zero-order valence-electron chi connectivity index (χ0n) is 10.6. The van der Waals surface area contributed by atoms with E-state index in [2.05, 4.69) is 28.1 Å². The standard InChI is InChI=1S/C16H14BrNO/c1-11(19)18-15-8-4-2-6-12(15)10-14(17)13-7-3-5-9-16(13)18/h2-9,14H,10H2,1H3. The van der Waals surface area contributed by atoms with Gasteiger partial charge in [-0.2, -0.15) is 0 Å². The quantitative estimate of drug-likeness (QED) is 0.661. The molecule has 0 aromatic heterocycles. The molecular weight excluding hydrogens is 302 g/mol. The minimum atomic E-state index is 0.0431. The van der Waals surface area contributed by atoms with Crippen molar-refractivity contribution in [2.24, 2.45) is 0 Å². The molecule has 1 aliphatic heterocycles. The summed E-state index contributed by atoms with van der Waals surface area (Å²) >= 11 is 3.75. The summed E-state index contributed by atoms with van der Waals surface area (Å²) < 4.78 is 0. The predicted octanol–water partition coefficient (Wildman–Crippen LogP) is 4.36. The van der Waals surface area contributed by atoms with E-state index in [-0.39, 0.29) is 10.7 Å². The van der Waals surface area contributed by atoms with E-state index >= 15 is 0 Å². The fourth-order valence-electron chi connectivity index (χ4n) is 2.63. The van der Waals surface area contributed by atoms with E-state index in [0.29, 0.717) is 0 Å². The van der Waals surface area contributed by atoms with E-state index < -0.39 is 0 Å². The Labute approximate surface area is 121 Å². The third-order valence-electron chi connectivity index (χ3n) is 3.46. The Hall–Kier alpha value is -1.61. The van der Waals surface area contributed by atoms with Gasteiger partial charge in [0.25, 0.3) is 0 Å². The molecule has 96 valence electrons. The van der Waals surface area contributed by atoms with Crippen LogP contribution in [0.3, 0.4) is 0 Å². The second-order valence-electron chi connectivity index (χ2n) is 4.71. The Kier molecular flexibility index (Phi) is 3.15. The van der Waals surface area contributed by atoms with Gasteiger partial charge in [-0.25, -0.2) is 0 Å². The molecule has 1 heterocycles. The second kappa shape index (κ2) is 4.82. The van der Waals surface area contributed by atoms with Crippen LogP contribution in [0.2, 0.25) is 0 Å². The SMILES string of the molecule is CC(=O)N1c2ccccc2CC(Br)c2ccccc21. The van der Waals surface area contributed by atoms with Gasteiger partial charge in [0.2, 0.25) is 5.91 Å². The van der Waals surface area contributed by atoms with Crippen molar-refractivity contribution in [2.45, 2.75) is 18.2 Å². The number of rotatable bonds is 0. The number of nitrogens with zero attached hydrogens (tertiary/aromatic N) is 1. The fraction of sp³-hybridized carbons (Fsp3) is 0.188. The van der Waals surface area contributed by atoms with Gasteiger partial charge in [0.1, 0.15) is 0 Å². The Morgan fingerprint density at radius 3 is 2.47 bits per heavy atom. The topological polar surface area (TPSA) is 20.3 Å². The molecule has 1 atom stereocenters. The first-order chi connectivity index (χ1) is 9.18. The molecule has 0 saturated heterocycles.